The van der Waals surface area contributed by atoms with Gasteiger partial charge in [0.05, 0.1) is 4.47 Å². The van der Waals surface area contributed by atoms with Crippen molar-refractivity contribution in [2.24, 2.45) is 5.73 Å². The van der Waals surface area contributed by atoms with Crippen molar-refractivity contribution in [2.75, 3.05) is 0 Å². The number of ether oxygens (including phenoxy) is 1. The maximum absolute atomic E-state index is 13.1. The largest absolute Gasteiger partial charge is 0.456 e. The summed E-state index contributed by atoms with van der Waals surface area (Å²) in [5.41, 5.74) is 6.52. The van der Waals surface area contributed by atoms with Gasteiger partial charge in [0.15, 0.2) is 0 Å². The Labute approximate surface area is 107 Å². The number of rotatable bonds is 3. The standard InChI is InChI=1S/C13H11BrFNO/c14-12-6-3-10(15)7-13(12)17-11-4-1-9(8-16)2-5-11/h1-7H,8,16H2. The third-order valence-electron chi connectivity index (χ3n) is 2.28. The molecule has 0 aliphatic rings. The van der Waals surface area contributed by atoms with Gasteiger partial charge in [-0.1, -0.05) is 12.1 Å². The van der Waals surface area contributed by atoms with E-state index in [-0.39, 0.29) is 5.82 Å². The summed E-state index contributed by atoms with van der Waals surface area (Å²) in [7, 11) is 0. The van der Waals surface area contributed by atoms with Gasteiger partial charge < -0.3 is 10.5 Å². The van der Waals surface area contributed by atoms with E-state index in [0.717, 1.165) is 5.56 Å². The molecule has 2 aromatic carbocycles. The predicted octanol–water partition coefficient (Wildman–Crippen LogP) is 3.84. The van der Waals surface area contributed by atoms with E-state index in [1.165, 1.54) is 12.1 Å². The molecule has 0 saturated carbocycles. The van der Waals surface area contributed by atoms with Gasteiger partial charge in [-0.2, -0.15) is 0 Å². The summed E-state index contributed by atoms with van der Waals surface area (Å²) in [6.07, 6.45) is 0. The van der Waals surface area contributed by atoms with Crippen LogP contribution in [0.3, 0.4) is 0 Å². The van der Waals surface area contributed by atoms with Crippen LogP contribution in [0.1, 0.15) is 5.56 Å². The molecule has 0 atom stereocenters. The molecular weight excluding hydrogens is 285 g/mol. The number of nitrogens with two attached hydrogens (primary N) is 1. The van der Waals surface area contributed by atoms with E-state index in [4.69, 9.17) is 10.5 Å². The molecule has 0 amide bonds. The Hall–Kier alpha value is -1.39. The molecule has 0 aromatic heterocycles. The van der Waals surface area contributed by atoms with E-state index in [0.29, 0.717) is 22.5 Å². The lowest BCUT2D eigenvalue weighted by atomic mass is 10.2. The SMILES string of the molecule is NCc1ccc(Oc2cc(F)ccc2Br)cc1. The van der Waals surface area contributed by atoms with Crippen LogP contribution in [-0.2, 0) is 6.54 Å². The summed E-state index contributed by atoms with van der Waals surface area (Å²) in [5.74, 6) is 0.765. The molecule has 4 heteroatoms. The minimum absolute atomic E-state index is 0.332. The maximum Gasteiger partial charge on any atom is 0.144 e. The summed E-state index contributed by atoms with van der Waals surface area (Å²) in [6.45, 7) is 0.490. The van der Waals surface area contributed by atoms with Crippen LogP contribution >= 0.6 is 15.9 Å². The third kappa shape index (κ3) is 3.05. The molecule has 0 fully saturated rings. The van der Waals surface area contributed by atoms with Crippen molar-refractivity contribution in [2.45, 2.75) is 6.54 Å². The van der Waals surface area contributed by atoms with Gasteiger partial charge in [-0.05, 0) is 45.8 Å². The number of hydrogen-bond acceptors (Lipinski definition) is 2. The van der Waals surface area contributed by atoms with Crippen LogP contribution in [0.15, 0.2) is 46.9 Å². The lowest BCUT2D eigenvalue weighted by molar-refractivity contribution is 0.473. The van der Waals surface area contributed by atoms with Crippen molar-refractivity contribution < 1.29 is 9.13 Å². The molecule has 2 aromatic rings. The molecule has 0 radical (unpaired) electrons. The van der Waals surface area contributed by atoms with Crippen LogP contribution < -0.4 is 10.5 Å². The lowest BCUT2D eigenvalue weighted by Gasteiger charge is -2.08. The van der Waals surface area contributed by atoms with E-state index in [1.807, 2.05) is 12.1 Å². The smallest absolute Gasteiger partial charge is 0.144 e. The number of halogens is 2. The quantitative estimate of drug-likeness (QED) is 0.934. The summed E-state index contributed by atoms with van der Waals surface area (Å²) >= 11 is 3.30. The van der Waals surface area contributed by atoms with Gasteiger partial charge in [-0.25, -0.2) is 4.39 Å². The highest BCUT2D eigenvalue weighted by Crippen LogP contribution is 2.30. The summed E-state index contributed by atoms with van der Waals surface area (Å²) in [4.78, 5) is 0. The molecular formula is C13H11BrFNO. The minimum Gasteiger partial charge on any atom is -0.456 e. The second kappa shape index (κ2) is 5.29. The average molecular weight is 296 g/mol. The van der Waals surface area contributed by atoms with Crippen LogP contribution in [0.5, 0.6) is 11.5 Å². The Bertz CT molecular complexity index is 513. The second-order valence-corrected chi connectivity index (χ2v) is 4.38. The fourth-order valence-electron chi connectivity index (χ4n) is 1.38. The Morgan fingerprint density at radius 1 is 1.12 bits per heavy atom. The fraction of sp³-hybridized carbons (Fsp3) is 0.0769. The molecule has 0 aliphatic heterocycles. The van der Waals surface area contributed by atoms with Gasteiger partial charge >= 0.3 is 0 Å². The molecule has 88 valence electrons. The summed E-state index contributed by atoms with van der Waals surface area (Å²) < 4.78 is 19.3. The highest BCUT2D eigenvalue weighted by Gasteiger charge is 2.04. The second-order valence-electron chi connectivity index (χ2n) is 3.52. The molecule has 0 heterocycles. The van der Waals surface area contributed by atoms with Gasteiger partial charge in [0, 0.05) is 12.6 Å². The minimum atomic E-state index is -0.332. The summed E-state index contributed by atoms with van der Waals surface area (Å²) in [5, 5.41) is 0. The lowest BCUT2D eigenvalue weighted by Crippen LogP contribution is -1.95. The number of benzene rings is 2. The Balaban J connectivity index is 2.22. The molecule has 0 spiro atoms. The first kappa shape index (κ1) is 12.1. The van der Waals surface area contributed by atoms with Crippen LogP contribution in [0, 0.1) is 5.82 Å². The maximum atomic E-state index is 13.1. The zero-order valence-corrected chi connectivity index (χ0v) is 10.6. The highest BCUT2D eigenvalue weighted by atomic mass is 79.9. The first-order chi connectivity index (χ1) is 8.19. The topological polar surface area (TPSA) is 35.2 Å². The molecule has 0 aliphatic carbocycles. The monoisotopic (exact) mass is 295 g/mol. The number of hydrogen-bond donors (Lipinski definition) is 1. The Morgan fingerprint density at radius 2 is 1.82 bits per heavy atom. The Kier molecular flexibility index (Phi) is 3.76. The van der Waals surface area contributed by atoms with E-state index in [9.17, 15) is 4.39 Å². The molecule has 0 saturated heterocycles. The molecule has 2 nitrogen and oxygen atoms in total. The first-order valence-corrected chi connectivity index (χ1v) is 5.90. The van der Waals surface area contributed by atoms with E-state index >= 15 is 0 Å². The molecule has 2 rings (SSSR count). The molecule has 2 N–H and O–H groups in total. The van der Waals surface area contributed by atoms with Crippen LogP contribution in [-0.4, -0.2) is 0 Å². The fourth-order valence-corrected chi connectivity index (χ4v) is 1.70. The van der Waals surface area contributed by atoms with Crippen molar-refractivity contribution >= 4 is 15.9 Å². The van der Waals surface area contributed by atoms with Gasteiger partial charge in [-0.3, -0.25) is 0 Å². The third-order valence-corrected chi connectivity index (χ3v) is 2.94. The van der Waals surface area contributed by atoms with Crippen molar-refractivity contribution in [3.63, 3.8) is 0 Å². The average Bonchev–Trinajstić information content (AvgIpc) is 2.35. The molecule has 0 unspecified atom stereocenters. The van der Waals surface area contributed by atoms with Crippen LogP contribution in [0.25, 0.3) is 0 Å². The molecule has 17 heavy (non-hydrogen) atoms. The van der Waals surface area contributed by atoms with Crippen molar-refractivity contribution in [1.82, 2.24) is 0 Å². The van der Waals surface area contributed by atoms with Gasteiger partial charge in [0.2, 0.25) is 0 Å². The Morgan fingerprint density at radius 3 is 2.47 bits per heavy atom. The van der Waals surface area contributed by atoms with E-state index < -0.39 is 0 Å². The van der Waals surface area contributed by atoms with Crippen molar-refractivity contribution in [1.29, 1.82) is 0 Å². The van der Waals surface area contributed by atoms with Gasteiger partial charge in [0.1, 0.15) is 17.3 Å². The van der Waals surface area contributed by atoms with Gasteiger partial charge in [-0.15, -0.1) is 0 Å². The van der Waals surface area contributed by atoms with Crippen LogP contribution in [0.4, 0.5) is 4.39 Å². The van der Waals surface area contributed by atoms with Crippen LogP contribution in [0.2, 0.25) is 0 Å². The predicted molar refractivity (Wildman–Crippen MR) is 68.5 cm³/mol. The van der Waals surface area contributed by atoms with Gasteiger partial charge in [0.25, 0.3) is 0 Å². The highest BCUT2D eigenvalue weighted by molar-refractivity contribution is 9.10. The normalized spacial score (nSPS) is 10.3. The van der Waals surface area contributed by atoms with E-state index in [1.54, 1.807) is 18.2 Å². The van der Waals surface area contributed by atoms with Crippen molar-refractivity contribution in [3.8, 4) is 11.5 Å². The first-order valence-electron chi connectivity index (χ1n) is 5.11. The van der Waals surface area contributed by atoms with Crippen molar-refractivity contribution in [3.05, 3.63) is 58.3 Å². The summed E-state index contributed by atoms with van der Waals surface area (Å²) in [6, 6.07) is 11.7. The molecule has 0 bridgehead atoms. The zero-order chi connectivity index (χ0) is 12.3. The van der Waals surface area contributed by atoms with E-state index in [2.05, 4.69) is 15.9 Å². The zero-order valence-electron chi connectivity index (χ0n) is 8.99.